The minimum atomic E-state index is -4.11. The van der Waals surface area contributed by atoms with E-state index in [1.807, 2.05) is 6.07 Å². The van der Waals surface area contributed by atoms with Gasteiger partial charge in [-0.25, -0.2) is 28.4 Å². The standard InChI is InChI=1S/C29H24BrN7O6S/c1-40-23-9-5-6-10-24(23)43-25-27(37-44(38,39)16-11-20-7-3-2-4-8-20)35-26(22-19-31-12-13-32-22)36-28(25)41-14-15-42-29-33-17-21(30)18-34-29/h2-13,16-19H,14-15H2,1H3,(H,35,36,37). The first-order valence-electron chi connectivity index (χ1n) is 12.9. The van der Waals surface area contributed by atoms with E-state index in [4.69, 9.17) is 18.9 Å². The van der Waals surface area contributed by atoms with Gasteiger partial charge >= 0.3 is 6.01 Å². The number of aromatic nitrogens is 6. The van der Waals surface area contributed by atoms with Gasteiger partial charge in [0.2, 0.25) is 5.75 Å². The number of ether oxygens (including phenoxy) is 4. The number of nitrogens with one attached hydrogen (secondary N) is 1. The zero-order valence-corrected chi connectivity index (χ0v) is 25.5. The van der Waals surface area contributed by atoms with Crippen LogP contribution < -0.4 is 23.7 Å². The van der Waals surface area contributed by atoms with Crippen LogP contribution >= 0.6 is 15.9 Å². The maximum Gasteiger partial charge on any atom is 0.316 e. The molecule has 5 aromatic rings. The molecule has 1 N–H and O–H groups in total. The first kappa shape index (κ1) is 30.3. The van der Waals surface area contributed by atoms with E-state index < -0.39 is 10.0 Å². The van der Waals surface area contributed by atoms with Crippen LogP contribution in [-0.2, 0) is 10.0 Å². The Bertz CT molecular complexity index is 1830. The predicted octanol–water partition coefficient (Wildman–Crippen LogP) is 5.16. The van der Waals surface area contributed by atoms with Crippen LogP contribution in [0.25, 0.3) is 17.6 Å². The molecule has 44 heavy (non-hydrogen) atoms. The zero-order valence-electron chi connectivity index (χ0n) is 23.1. The summed E-state index contributed by atoms with van der Waals surface area (Å²) in [4.78, 5) is 25.4. The predicted molar refractivity (Wildman–Crippen MR) is 165 cm³/mol. The number of rotatable bonds is 13. The Hall–Kier alpha value is -5.15. The number of nitrogens with zero attached hydrogens (tertiary/aromatic N) is 6. The molecule has 0 bridgehead atoms. The molecule has 0 aliphatic heterocycles. The Morgan fingerprint density at radius 2 is 1.59 bits per heavy atom. The van der Waals surface area contributed by atoms with E-state index in [-0.39, 0.29) is 53.9 Å². The molecular formula is C29H24BrN7O6S. The van der Waals surface area contributed by atoms with Crippen molar-refractivity contribution < 1.29 is 27.4 Å². The molecule has 15 heteroatoms. The number of anilines is 1. The van der Waals surface area contributed by atoms with E-state index in [1.165, 1.54) is 31.8 Å². The SMILES string of the molecule is COc1ccccc1Oc1c(NS(=O)(=O)C=Cc2ccccc2)nc(-c2cnccn2)nc1OCCOc1ncc(Br)cn1. The summed E-state index contributed by atoms with van der Waals surface area (Å²) in [5.74, 6) is 0.231. The first-order chi connectivity index (χ1) is 21.4. The van der Waals surface area contributed by atoms with Gasteiger partial charge in [-0.05, 0) is 39.7 Å². The Morgan fingerprint density at radius 3 is 2.32 bits per heavy atom. The third kappa shape index (κ3) is 8.23. The molecule has 2 aromatic carbocycles. The maximum atomic E-state index is 13.3. The minimum absolute atomic E-state index is 0.0289. The minimum Gasteiger partial charge on any atom is -0.493 e. The van der Waals surface area contributed by atoms with E-state index in [0.29, 0.717) is 15.8 Å². The summed E-state index contributed by atoms with van der Waals surface area (Å²) in [6, 6.07) is 15.9. The van der Waals surface area contributed by atoms with Crippen molar-refractivity contribution in [2.45, 2.75) is 0 Å². The summed E-state index contributed by atoms with van der Waals surface area (Å²) in [6.07, 6.45) is 8.92. The smallest absolute Gasteiger partial charge is 0.316 e. The number of hydrogen-bond acceptors (Lipinski definition) is 12. The fourth-order valence-corrected chi connectivity index (χ4v) is 4.60. The number of halogens is 1. The fourth-order valence-electron chi connectivity index (χ4n) is 3.58. The second kappa shape index (κ2) is 14.3. The van der Waals surface area contributed by atoms with Gasteiger partial charge in [-0.15, -0.1) is 0 Å². The number of hydrogen-bond donors (Lipinski definition) is 1. The second-order valence-corrected chi connectivity index (χ2v) is 11.1. The molecule has 0 unspecified atom stereocenters. The molecule has 0 fully saturated rings. The van der Waals surface area contributed by atoms with E-state index in [9.17, 15) is 8.42 Å². The molecule has 3 aromatic heterocycles. The lowest BCUT2D eigenvalue weighted by molar-refractivity contribution is 0.197. The Balaban J connectivity index is 1.52. The highest BCUT2D eigenvalue weighted by molar-refractivity contribution is 9.10. The van der Waals surface area contributed by atoms with Gasteiger partial charge in [0.1, 0.15) is 18.9 Å². The van der Waals surface area contributed by atoms with Crippen molar-refractivity contribution in [2.24, 2.45) is 0 Å². The molecule has 0 amide bonds. The first-order valence-corrected chi connectivity index (χ1v) is 15.2. The van der Waals surface area contributed by atoms with E-state index in [1.54, 1.807) is 60.9 Å². The van der Waals surface area contributed by atoms with Crippen LogP contribution in [0.5, 0.6) is 29.1 Å². The summed E-state index contributed by atoms with van der Waals surface area (Å²) in [7, 11) is -2.63. The lowest BCUT2D eigenvalue weighted by Crippen LogP contribution is -2.15. The number of para-hydroxylation sites is 2. The second-order valence-electron chi connectivity index (χ2n) is 8.61. The molecule has 0 saturated carbocycles. The van der Waals surface area contributed by atoms with Crippen molar-refractivity contribution in [2.75, 3.05) is 25.0 Å². The zero-order chi connectivity index (χ0) is 30.8. The van der Waals surface area contributed by atoms with Gasteiger partial charge in [0.25, 0.3) is 15.9 Å². The lowest BCUT2D eigenvalue weighted by Gasteiger charge is -2.17. The van der Waals surface area contributed by atoms with Crippen LogP contribution in [0.2, 0.25) is 0 Å². The summed E-state index contributed by atoms with van der Waals surface area (Å²) in [6.45, 7) is -0.0141. The Labute approximate surface area is 261 Å². The van der Waals surface area contributed by atoms with E-state index in [2.05, 4.69) is 50.6 Å². The monoisotopic (exact) mass is 677 g/mol. The molecule has 13 nitrogen and oxygen atoms in total. The van der Waals surface area contributed by atoms with Crippen LogP contribution in [-0.4, -0.2) is 58.6 Å². The van der Waals surface area contributed by atoms with Crippen molar-refractivity contribution in [3.63, 3.8) is 0 Å². The quantitative estimate of drug-likeness (QED) is 0.163. The van der Waals surface area contributed by atoms with Crippen molar-refractivity contribution in [1.82, 2.24) is 29.9 Å². The average Bonchev–Trinajstić information content (AvgIpc) is 3.05. The molecular weight excluding hydrogens is 654 g/mol. The highest BCUT2D eigenvalue weighted by Crippen LogP contribution is 2.41. The topological polar surface area (TPSA) is 160 Å². The average molecular weight is 679 g/mol. The highest BCUT2D eigenvalue weighted by atomic mass is 79.9. The molecule has 0 spiro atoms. The highest BCUT2D eigenvalue weighted by Gasteiger charge is 2.24. The Morgan fingerprint density at radius 1 is 0.864 bits per heavy atom. The van der Waals surface area contributed by atoms with Gasteiger partial charge in [0.15, 0.2) is 23.1 Å². The molecule has 0 aliphatic rings. The summed E-state index contributed by atoms with van der Waals surface area (Å²) in [5.41, 5.74) is 0.950. The number of sulfonamides is 1. The normalized spacial score (nSPS) is 11.2. The third-order valence-electron chi connectivity index (χ3n) is 5.54. The molecule has 224 valence electrons. The van der Waals surface area contributed by atoms with Gasteiger partial charge < -0.3 is 18.9 Å². The van der Waals surface area contributed by atoms with Crippen LogP contribution in [0, 0.1) is 0 Å². The van der Waals surface area contributed by atoms with Crippen molar-refractivity contribution in [1.29, 1.82) is 0 Å². The van der Waals surface area contributed by atoms with Crippen LogP contribution in [0.3, 0.4) is 0 Å². The molecule has 0 saturated heterocycles. The third-order valence-corrected chi connectivity index (χ3v) is 6.92. The maximum absolute atomic E-state index is 13.3. The van der Waals surface area contributed by atoms with Gasteiger partial charge in [0.05, 0.1) is 23.2 Å². The summed E-state index contributed by atoms with van der Waals surface area (Å²) in [5, 5.41) is 1.02. The van der Waals surface area contributed by atoms with E-state index >= 15 is 0 Å². The van der Waals surface area contributed by atoms with Crippen molar-refractivity contribution in [3.8, 4) is 40.7 Å². The Kier molecular flexibility index (Phi) is 9.89. The van der Waals surface area contributed by atoms with Crippen molar-refractivity contribution in [3.05, 3.63) is 101 Å². The van der Waals surface area contributed by atoms with Gasteiger partial charge in [-0.2, -0.15) is 4.98 Å². The van der Waals surface area contributed by atoms with Crippen LogP contribution in [0.1, 0.15) is 5.56 Å². The van der Waals surface area contributed by atoms with Crippen LogP contribution in [0.15, 0.2) is 95.5 Å². The summed E-state index contributed by atoms with van der Waals surface area (Å²) >= 11 is 3.27. The van der Waals surface area contributed by atoms with Gasteiger partial charge in [-0.1, -0.05) is 42.5 Å². The number of benzene rings is 2. The largest absolute Gasteiger partial charge is 0.493 e. The lowest BCUT2D eigenvalue weighted by atomic mass is 10.2. The molecule has 0 radical (unpaired) electrons. The molecule has 0 aliphatic carbocycles. The van der Waals surface area contributed by atoms with Gasteiger partial charge in [-0.3, -0.25) is 9.71 Å². The molecule has 3 heterocycles. The molecule has 0 atom stereocenters. The van der Waals surface area contributed by atoms with Gasteiger partial charge in [0, 0.05) is 24.8 Å². The summed E-state index contributed by atoms with van der Waals surface area (Å²) < 4.78 is 52.8. The van der Waals surface area contributed by atoms with E-state index in [0.717, 1.165) is 5.41 Å². The van der Waals surface area contributed by atoms with Crippen molar-refractivity contribution >= 4 is 37.8 Å². The van der Waals surface area contributed by atoms with Crippen LogP contribution in [0.4, 0.5) is 5.82 Å². The fraction of sp³-hybridized carbons (Fsp3) is 0.103. The number of methoxy groups -OCH3 is 1. The molecule has 5 rings (SSSR count).